The van der Waals surface area contributed by atoms with Crippen molar-refractivity contribution in [1.82, 2.24) is 5.32 Å². The van der Waals surface area contributed by atoms with Crippen molar-refractivity contribution in [3.05, 3.63) is 29.6 Å². The lowest BCUT2D eigenvalue weighted by Gasteiger charge is -2.31. The van der Waals surface area contributed by atoms with E-state index in [0.717, 1.165) is 24.1 Å². The molecule has 100 valence electrons. The van der Waals surface area contributed by atoms with E-state index in [1.54, 1.807) is 11.0 Å². The zero-order valence-electron chi connectivity index (χ0n) is 10.5. The molecule has 1 saturated heterocycles. The predicted molar refractivity (Wildman–Crippen MR) is 68.2 cm³/mol. The second-order valence-corrected chi connectivity index (χ2v) is 5.03. The molecule has 2 aliphatic heterocycles. The van der Waals surface area contributed by atoms with Crippen molar-refractivity contribution in [2.24, 2.45) is 0 Å². The molecule has 1 atom stereocenters. The molecule has 19 heavy (non-hydrogen) atoms. The SMILES string of the molecule is O=C1CC[C@@H](C(=O)N2CCCc3cc(F)ccc32)N1. The summed E-state index contributed by atoms with van der Waals surface area (Å²) in [4.78, 5) is 25.3. The number of nitrogens with zero attached hydrogens (tertiary/aromatic N) is 1. The number of anilines is 1. The fourth-order valence-corrected chi connectivity index (χ4v) is 2.78. The van der Waals surface area contributed by atoms with Crippen LogP contribution in [0.15, 0.2) is 18.2 Å². The second-order valence-electron chi connectivity index (χ2n) is 5.03. The molecule has 0 aromatic heterocycles. The number of carbonyl (C=O) groups is 2. The summed E-state index contributed by atoms with van der Waals surface area (Å²) in [5, 5.41) is 2.69. The lowest BCUT2D eigenvalue weighted by Crippen LogP contribution is -2.46. The maximum atomic E-state index is 13.2. The molecule has 0 radical (unpaired) electrons. The number of hydrogen-bond acceptors (Lipinski definition) is 2. The molecule has 2 amide bonds. The van der Waals surface area contributed by atoms with Gasteiger partial charge < -0.3 is 10.2 Å². The van der Waals surface area contributed by atoms with E-state index in [-0.39, 0.29) is 17.6 Å². The maximum absolute atomic E-state index is 13.2. The predicted octanol–water partition coefficient (Wildman–Crippen LogP) is 1.38. The first-order valence-electron chi connectivity index (χ1n) is 6.54. The number of fused-ring (bicyclic) bond motifs is 1. The minimum atomic E-state index is -0.427. The molecule has 0 aliphatic carbocycles. The number of hydrogen-bond donors (Lipinski definition) is 1. The standard InChI is InChI=1S/C14H15FN2O2/c15-10-3-5-12-9(8-10)2-1-7-17(12)14(19)11-4-6-13(18)16-11/h3,5,8,11H,1-2,4,6-7H2,(H,16,18)/t11-/m0/s1. The third-order valence-corrected chi connectivity index (χ3v) is 3.72. The van der Waals surface area contributed by atoms with Gasteiger partial charge in [0.1, 0.15) is 11.9 Å². The molecule has 2 heterocycles. The van der Waals surface area contributed by atoms with Crippen molar-refractivity contribution in [3.8, 4) is 0 Å². The van der Waals surface area contributed by atoms with Gasteiger partial charge in [0.15, 0.2) is 0 Å². The molecule has 1 aromatic carbocycles. The van der Waals surface area contributed by atoms with Crippen LogP contribution in [0.2, 0.25) is 0 Å². The van der Waals surface area contributed by atoms with Crippen molar-refractivity contribution < 1.29 is 14.0 Å². The van der Waals surface area contributed by atoms with Crippen LogP contribution in [0.4, 0.5) is 10.1 Å². The third kappa shape index (κ3) is 2.20. The van der Waals surface area contributed by atoms with E-state index >= 15 is 0 Å². The van der Waals surface area contributed by atoms with Crippen LogP contribution in [-0.2, 0) is 16.0 Å². The molecule has 0 unspecified atom stereocenters. The molecular formula is C14H15FN2O2. The average molecular weight is 262 g/mol. The van der Waals surface area contributed by atoms with E-state index < -0.39 is 6.04 Å². The molecule has 0 bridgehead atoms. The fraction of sp³-hybridized carbons (Fsp3) is 0.429. The highest BCUT2D eigenvalue weighted by atomic mass is 19.1. The Balaban J connectivity index is 1.87. The van der Waals surface area contributed by atoms with Gasteiger partial charge in [-0.25, -0.2) is 4.39 Å². The summed E-state index contributed by atoms with van der Waals surface area (Å²) in [5.74, 6) is -0.435. The molecule has 5 heteroatoms. The van der Waals surface area contributed by atoms with E-state index in [0.29, 0.717) is 19.4 Å². The first-order valence-corrected chi connectivity index (χ1v) is 6.54. The Hall–Kier alpha value is -1.91. The van der Waals surface area contributed by atoms with Gasteiger partial charge in [0.25, 0.3) is 0 Å². The summed E-state index contributed by atoms with van der Waals surface area (Å²) in [6.45, 7) is 0.629. The Morgan fingerprint density at radius 2 is 2.21 bits per heavy atom. The summed E-state index contributed by atoms with van der Waals surface area (Å²) in [5.41, 5.74) is 1.64. The largest absolute Gasteiger partial charge is 0.344 e. The Morgan fingerprint density at radius 3 is 2.95 bits per heavy atom. The number of carbonyl (C=O) groups excluding carboxylic acids is 2. The molecule has 0 saturated carbocycles. The Kier molecular flexibility index (Phi) is 2.97. The molecule has 1 fully saturated rings. The van der Waals surface area contributed by atoms with E-state index in [1.807, 2.05) is 0 Å². The zero-order chi connectivity index (χ0) is 13.4. The van der Waals surface area contributed by atoms with Crippen LogP contribution in [0.5, 0.6) is 0 Å². The molecule has 1 N–H and O–H groups in total. The summed E-state index contributed by atoms with van der Waals surface area (Å²) < 4.78 is 13.2. The summed E-state index contributed by atoms with van der Waals surface area (Å²) in [6.07, 6.45) is 2.56. The fourth-order valence-electron chi connectivity index (χ4n) is 2.78. The van der Waals surface area contributed by atoms with Gasteiger partial charge in [0.2, 0.25) is 11.8 Å². The van der Waals surface area contributed by atoms with Gasteiger partial charge in [-0.15, -0.1) is 0 Å². The minimum Gasteiger partial charge on any atom is -0.344 e. The van der Waals surface area contributed by atoms with E-state index in [2.05, 4.69) is 5.32 Å². The molecule has 4 nitrogen and oxygen atoms in total. The number of halogens is 1. The van der Waals surface area contributed by atoms with Crippen LogP contribution in [0.25, 0.3) is 0 Å². The highest BCUT2D eigenvalue weighted by Crippen LogP contribution is 2.29. The summed E-state index contributed by atoms with van der Waals surface area (Å²) in [6, 6.07) is 4.08. The normalized spacial score (nSPS) is 22.1. The third-order valence-electron chi connectivity index (χ3n) is 3.72. The lowest BCUT2D eigenvalue weighted by molar-refractivity contribution is -0.124. The smallest absolute Gasteiger partial charge is 0.249 e. The second kappa shape index (κ2) is 4.64. The van der Waals surface area contributed by atoms with Gasteiger partial charge in [-0.05, 0) is 43.0 Å². The topological polar surface area (TPSA) is 49.4 Å². The zero-order valence-corrected chi connectivity index (χ0v) is 10.5. The van der Waals surface area contributed by atoms with Crippen LogP contribution >= 0.6 is 0 Å². The van der Waals surface area contributed by atoms with E-state index in [4.69, 9.17) is 0 Å². The molecule has 3 rings (SSSR count). The quantitative estimate of drug-likeness (QED) is 0.831. The number of benzene rings is 1. The van der Waals surface area contributed by atoms with Crippen LogP contribution in [0.1, 0.15) is 24.8 Å². The van der Waals surface area contributed by atoms with Crippen LogP contribution in [-0.4, -0.2) is 24.4 Å². The van der Waals surface area contributed by atoms with Crippen molar-refractivity contribution in [3.63, 3.8) is 0 Å². The van der Waals surface area contributed by atoms with Crippen LogP contribution < -0.4 is 10.2 Å². The van der Waals surface area contributed by atoms with Gasteiger partial charge >= 0.3 is 0 Å². The summed E-state index contributed by atoms with van der Waals surface area (Å²) >= 11 is 0. The molecule has 2 aliphatic rings. The van der Waals surface area contributed by atoms with Gasteiger partial charge in [0.05, 0.1) is 0 Å². The van der Waals surface area contributed by atoms with Gasteiger partial charge in [0, 0.05) is 18.7 Å². The average Bonchev–Trinajstić information content (AvgIpc) is 2.83. The molecular weight excluding hydrogens is 247 g/mol. The molecule has 0 spiro atoms. The lowest BCUT2D eigenvalue weighted by atomic mass is 10.0. The van der Waals surface area contributed by atoms with Gasteiger partial charge in [-0.2, -0.15) is 0 Å². The van der Waals surface area contributed by atoms with E-state index in [9.17, 15) is 14.0 Å². The van der Waals surface area contributed by atoms with Crippen molar-refractivity contribution in [1.29, 1.82) is 0 Å². The van der Waals surface area contributed by atoms with Crippen LogP contribution in [0.3, 0.4) is 0 Å². The number of amides is 2. The van der Waals surface area contributed by atoms with Crippen molar-refractivity contribution in [2.75, 3.05) is 11.4 Å². The van der Waals surface area contributed by atoms with Crippen molar-refractivity contribution >= 4 is 17.5 Å². The van der Waals surface area contributed by atoms with Gasteiger partial charge in [-0.1, -0.05) is 0 Å². The van der Waals surface area contributed by atoms with Crippen LogP contribution in [0, 0.1) is 5.82 Å². The van der Waals surface area contributed by atoms with E-state index in [1.165, 1.54) is 12.1 Å². The Morgan fingerprint density at radius 1 is 1.37 bits per heavy atom. The highest BCUT2D eigenvalue weighted by Gasteiger charge is 2.33. The summed E-state index contributed by atoms with van der Waals surface area (Å²) in [7, 11) is 0. The Bertz CT molecular complexity index is 544. The number of aryl methyl sites for hydroxylation is 1. The minimum absolute atomic E-state index is 0.0744. The first-order chi connectivity index (χ1) is 9.15. The van der Waals surface area contributed by atoms with Crippen molar-refractivity contribution in [2.45, 2.75) is 31.7 Å². The number of nitrogens with one attached hydrogen (secondary N) is 1. The van der Waals surface area contributed by atoms with Gasteiger partial charge in [-0.3, -0.25) is 9.59 Å². The maximum Gasteiger partial charge on any atom is 0.249 e. The number of rotatable bonds is 1. The Labute approximate surface area is 110 Å². The molecule has 1 aromatic rings. The first kappa shape index (κ1) is 12.1. The monoisotopic (exact) mass is 262 g/mol. The highest BCUT2D eigenvalue weighted by molar-refractivity contribution is 6.01.